The third kappa shape index (κ3) is 2.11. The molecule has 3 nitrogen and oxygen atoms in total. The van der Waals surface area contributed by atoms with Crippen LogP contribution in [0.3, 0.4) is 0 Å². The van der Waals surface area contributed by atoms with E-state index < -0.39 is 0 Å². The van der Waals surface area contributed by atoms with E-state index >= 15 is 0 Å². The van der Waals surface area contributed by atoms with Gasteiger partial charge in [0.25, 0.3) is 0 Å². The van der Waals surface area contributed by atoms with Gasteiger partial charge in [0.1, 0.15) is 0 Å². The van der Waals surface area contributed by atoms with Crippen LogP contribution in [0.25, 0.3) is 10.9 Å². The molecule has 110 valence electrons. The van der Waals surface area contributed by atoms with Gasteiger partial charge in [-0.25, -0.2) is 0 Å². The Labute approximate surface area is 135 Å². The van der Waals surface area contributed by atoms with Crippen molar-refractivity contribution in [1.29, 1.82) is 0 Å². The number of rotatable bonds is 1. The molecule has 0 bridgehead atoms. The summed E-state index contributed by atoms with van der Waals surface area (Å²) in [5, 5.41) is 5.06. The Hall–Kier alpha value is -1.91. The number of aromatic amines is 1. The molecule has 0 spiro atoms. The molecule has 1 aliphatic carbocycles. The third-order valence-corrected chi connectivity index (χ3v) is 5.15. The van der Waals surface area contributed by atoms with Crippen molar-refractivity contribution in [3.63, 3.8) is 0 Å². The summed E-state index contributed by atoms with van der Waals surface area (Å²) < 4.78 is 0. The molecule has 0 amide bonds. The zero-order valence-electron chi connectivity index (χ0n) is 11.6. The lowest BCUT2D eigenvalue weighted by atomic mass is 9.82. The number of carbonyl (C=O) groups is 1. The Kier molecular flexibility index (Phi) is 3.17. The molecule has 1 aliphatic rings. The lowest BCUT2D eigenvalue weighted by Gasteiger charge is -2.23. The molecule has 5 heteroatoms. The van der Waals surface area contributed by atoms with E-state index in [0.29, 0.717) is 28.8 Å². The number of ketones is 1. The van der Waals surface area contributed by atoms with Crippen molar-refractivity contribution in [2.24, 2.45) is 0 Å². The highest BCUT2D eigenvalue weighted by molar-refractivity contribution is 7.08. The molecule has 0 saturated heterocycles. The number of hydrogen-bond acceptors (Lipinski definition) is 3. The minimum absolute atomic E-state index is 0.0828. The summed E-state index contributed by atoms with van der Waals surface area (Å²) in [6.07, 6.45) is 1.07. The normalized spacial score (nSPS) is 17.7. The maximum absolute atomic E-state index is 12.6. The summed E-state index contributed by atoms with van der Waals surface area (Å²) in [5.74, 6) is 0.0622. The van der Waals surface area contributed by atoms with Crippen molar-refractivity contribution >= 4 is 39.6 Å². The van der Waals surface area contributed by atoms with Crippen LogP contribution in [0.4, 0.5) is 0 Å². The van der Waals surface area contributed by atoms with Crippen molar-refractivity contribution in [2.45, 2.75) is 18.8 Å². The van der Waals surface area contributed by atoms with Crippen LogP contribution in [0.5, 0.6) is 0 Å². The van der Waals surface area contributed by atoms with Crippen LogP contribution >= 0.6 is 22.9 Å². The van der Waals surface area contributed by atoms with Crippen molar-refractivity contribution in [2.75, 3.05) is 0 Å². The van der Waals surface area contributed by atoms with Crippen molar-refractivity contribution in [3.05, 3.63) is 67.1 Å². The number of hydrogen-bond donors (Lipinski definition) is 1. The van der Waals surface area contributed by atoms with E-state index in [0.717, 1.165) is 11.2 Å². The zero-order chi connectivity index (χ0) is 15.3. The lowest BCUT2D eigenvalue weighted by Crippen LogP contribution is -2.27. The molecule has 3 aromatic rings. The number of halogens is 1. The number of fused-ring (bicyclic) bond motifs is 2. The first-order valence-electron chi connectivity index (χ1n) is 7.03. The van der Waals surface area contributed by atoms with Crippen LogP contribution < -0.4 is 5.43 Å². The SMILES string of the molecule is O=C1CC(c2ccsc2)Cc2[nH]c3ccc(Cl)cc3c(=O)c21. The Balaban J connectivity index is 1.91. The van der Waals surface area contributed by atoms with Gasteiger partial charge >= 0.3 is 0 Å². The minimum atomic E-state index is -0.208. The molecule has 0 radical (unpaired) electrons. The Morgan fingerprint density at radius 2 is 2.05 bits per heavy atom. The lowest BCUT2D eigenvalue weighted by molar-refractivity contribution is 0.0962. The van der Waals surface area contributed by atoms with Gasteiger partial charge in [0, 0.05) is 28.0 Å². The molecule has 0 aliphatic heterocycles. The van der Waals surface area contributed by atoms with Gasteiger partial charge in [-0.15, -0.1) is 0 Å². The minimum Gasteiger partial charge on any atom is -0.358 e. The third-order valence-electron chi connectivity index (χ3n) is 4.22. The van der Waals surface area contributed by atoms with Crippen LogP contribution in [0.1, 0.15) is 34.0 Å². The monoisotopic (exact) mass is 329 g/mol. The molecule has 2 heterocycles. The van der Waals surface area contributed by atoms with Crippen LogP contribution in [0, 0.1) is 0 Å². The first-order valence-corrected chi connectivity index (χ1v) is 8.35. The summed E-state index contributed by atoms with van der Waals surface area (Å²) in [6, 6.07) is 7.20. The van der Waals surface area contributed by atoms with E-state index in [1.54, 1.807) is 29.5 Å². The molecule has 1 aromatic carbocycles. The fourth-order valence-corrected chi connectivity index (χ4v) is 4.06. The summed E-state index contributed by atoms with van der Waals surface area (Å²) >= 11 is 7.59. The van der Waals surface area contributed by atoms with E-state index in [9.17, 15) is 9.59 Å². The second kappa shape index (κ2) is 5.07. The summed E-state index contributed by atoms with van der Waals surface area (Å²) in [7, 11) is 0. The maximum Gasteiger partial charge on any atom is 0.200 e. The molecule has 4 rings (SSSR count). The summed E-state index contributed by atoms with van der Waals surface area (Å²) in [4.78, 5) is 28.4. The predicted octanol–water partition coefficient (Wildman–Crippen LogP) is 4.16. The van der Waals surface area contributed by atoms with Gasteiger partial charge in [-0.1, -0.05) is 11.6 Å². The molecule has 2 aromatic heterocycles. The highest BCUT2D eigenvalue weighted by Gasteiger charge is 2.29. The smallest absolute Gasteiger partial charge is 0.200 e. The Bertz CT molecular complexity index is 943. The average Bonchev–Trinajstić information content (AvgIpc) is 3.02. The van der Waals surface area contributed by atoms with E-state index in [1.807, 2.05) is 11.4 Å². The fraction of sp³-hybridized carbons (Fsp3) is 0.176. The van der Waals surface area contributed by atoms with Crippen molar-refractivity contribution in [1.82, 2.24) is 4.98 Å². The van der Waals surface area contributed by atoms with Crippen LogP contribution in [0.2, 0.25) is 5.02 Å². The van der Waals surface area contributed by atoms with Gasteiger partial charge in [-0.2, -0.15) is 11.3 Å². The molecular weight excluding hydrogens is 318 g/mol. The highest BCUT2D eigenvalue weighted by Crippen LogP contribution is 2.32. The van der Waals surface area contributed by atoms with E-state index in [-0.39, 0.29) is 17.1 Å². The summed E-state index contributed by atoms with van der Waals surface area (Å²) in [6.45, 7) is 0. The average molecular weight is 330 g/mol. The number of pyridine rings is 1. The molecule has 1 N–H and O–H groups in total. The number of H-pyrrole nitrogens is 1. The maximum atomic E-state index is 12.6. The standard InChI is InChI=1S/C17H12ClNO2S/c18-11-1-2-13-12(7-11)17(21)16-14(19-13)5-10(6-15(16)20)9-3-4-22-8-9/h1-4,7-8,10H,5-6H2,(H,19,21). The number of benzene rings is 1. The topological polar surface area (TPSA) is 49.9 Å². The largest absolute Gasteiger partial charge is 0.358 e. The van der Waals surface area contributed by atoms with Crippen molar-refractivity contribution in [3.8, 4) is 0 Å². The van der Waals surface area contributed by atoms with E-state index in [2.05, 4.69) is 10.4 Å². The number of nitrogens with one attached hydrogen (secondary N) is 1. The fourth-order valence-electron chi connectivity index (χ4n) is 3.15. The molecule has 1 atom stereocenters. The predicted molar refractivity (Wildman–Crippen MR) is 89.3 cm³/mol. The number of Topliss-reactive ketones (excluding diaryl/α,β-unsaturated/α-hetero) is 1. The number of aromatic nitrogens is 1. The second-order valence-electron chi connectivity index (χ2n) is 5.58. The van der Waals surface area contributed by atoms with Gasteiger partial charge in [-0.3, -0.25) is 9.59 Å². The van der Waals surface area contributed by atoms with Crippen LogP contribution in [-0.2, 0) is 6.42 Å². The molecule has 22 heavy (non-hydrogen) atoms. The number of thiophene rings is 1. The van der Waals surface area contributed by atoms with Crippen molar-refractivity contribution < 1.29 is 4.79 Å². The summed E-state index contributed by atoms with van der Waals surface area (Å²) in [5.41, 5.74) is 2.74. The molecule has 0 saturated carbocycles. The number of carbonyl (C=O) groups excluding carboxylic acids is 1. The van der Waals surface area contributed by atoms with E-state index in [1.165, 1.54) is 5.56 Å². The van der Waals surface area contributed by atoms with Gasteiger partial charge in [-0.05, 0) is 52.9 Å². The van der Waals surface area contributed by atoms with Gasteiger partial charge in [0.05, 0.1) is 5.56 Å². The molecule has 1 unspecified atom stereocenters. The molecule has 0 fully saturated rings. The quantitative estimate of drug-likeness (QED) is 0.729. The van der Waals surface area contributed by atoms with Gasteiger partial charge < -0.3 is 4.98 Å². The molecular formula is C17H12ClNO2S. The van der Waals surface area contributed by atoms with Crippen LogP contribution in [0.15, 0.2) is 39.8 Å². The van der Waals surface area contributed by atoms with Gasteiger partial charge in [0.15, 0.2) is 5.78 Å². The first-order chi connectivity index (χ1) is 10.6. The Morgan fingerprint density at radius 3 is 2.82 bits per heavy atom. The van der Waals surface area contributed by atoms with Gasteiger partial charge in [0.2, 0.25) is 5.43 Å². The highest BCUT2D eigenvalue weighted by atomic mass is 35.5. The zero-order valence-corrected chi connectivity index (χ0v) is 13.1. The first kappa shape index (κ1) is 13.7. The second-order valence-corrected chi connectivity index (χ2v) is 6.80. The van der Waals surface area contributed by atoms with E-state index in [4.69, 9.17) is 11.6 Å². The Morgan fingerprint density at radius 1 is 1.18 bits per heavy atom. The van der Waals surface area contributed by atoms with Crippen LogP contribution in [-0.4, -0.2) is 10.8 Å².